The van der Waals surface area contributed by atoms with Gasteiger partial charge in [-0.3, -0.25) is 19.4 Å². The van der Waals surface area contributed by atoms with Gasteiger partial charge in [0, 0.05) is 58.7 Å². The monoisotopic (exact) mass is 450 g/mol. The summed E-state index contributed by atoms with van der Waals surface area (Å²) in [6.07, 6.45) is 2.82. The van der Waals surface area contributed by atoms with E-state index in [1.54, 1.807) is 11.2 Å². The summed E-state index contributed by atoms with van der Waals surface area (Å²) in [6.45, 7) is 4.97. The number of hydrogen-bond donors (Lipinski definition) is 2. The fourth-order valence-corrected chi connectivity index (χ4v) is 4.17. The van der Waals surface area contributed by atoms with Crippen molar-refractivity contribution in [2.75, 3.05) is 44.6 Å². The molecule has 5 rings (SSSR count). The molecule has 0 aromatic carbocycles. The van der Waals surface area contributed by atoms with E-state index in [4.69, 9.17) is 0 Å². The molecule has 0 radical (unpaired) electrons. The Morgan fingerprint density at radius 1 is 1.25 bits per heavy atom. The highest BCUT2D eigenvalue weighted by Gasteiger charge is 2.38. The highest BCUT2D eigenvalue weighted by Crippen LogP contribution is 2.34. The molecule has 9 nitrogen and oxygen atoms in total. The van der Waals surface area contributed by atoms with Gasteiger partial charge in [0.2, 0.25) is 0 Å². The second kappa shape index (κ2) is 7.93. The van der Waals surface area contributed by atoms with Gasteiger partial charge in [0.25, 0.3) is 5.91 Å². The Morgan fingerprint density at radius 3 is 2.69 bits per heavy atom. The zero-order valence-corrected chi connectivity index (χ0v) is 17.7. The van der Waals surface area contributed by atoms with Crippen LogP contribution in [0.3, 0.4) is 0 Å². The number of nitrogens with one attached hydrogen (secondary N) is 2. The van der Waals surface area contributed by atoms with E-state index in [1.807, 2.05) is 6.08 Å². The van der Waals surface area contributed by atoms with Crippen LogP contribution in [-0.4, -0.2) is 75.6 Å². The van der Waals surface area contributed by atoms with Gasteiger partial charge in [-0.2, -0.15) is 18.3 Å². The van der Waals surface area contributed by atoms with Gasteiger partial charge in [-0.05, 0) is 24.8 Å². The van der Waals surface area contributed by atoms with Crippen LogP contribution in [0.15, 0.2) is 34.9 Å². The number of hydrogen-bond acceptors (Lipinski definition) is 7. The number of rotatable bonds is 4. The Balaban J connectivity index is 1.31. The second-order valence-corrected chi connectivity index (χ2v) is 8.54. The quantitative estimate of drug-likeness (QED) is 0.721. The minimum absolute atomic E-state index is 0.166. The number of amidine groups is 1. The maximum Gasteiger partial charge on any atom is 0.437 e. The zero-order chi connectivity index (χ0) is 22.5. The lowest BCUT2D eigenvalue weighted by Crippen LogP contribution is -2.49. The minimum atomic E-state index is -4.66. The number of hydrazine groups is 1. The summed E-state index contributed by atoms with van der Waals surface area (Å²) >= 11 is 0. The number of nitrogens with zero attached hydrogens (tertiary/aromatic N) is 6. The van der Waals surface area contributed by atoms with Crippen molar-refractivity contribution in [3.8, 4) is 0 Å². The molecule has 1 amide bonds. The van der Waals surface area contributed by atoms with Gasteiger partial charge in [0.1, 0.15) is 5.84 Å². The number of aliphatic imine (C=N–C) groups is 1. The standard InChI is InChI=1S/C20H25F3N8O/c1-28-12-15(17(27-28)20(21,22)23)25-19(32)14-10-24-31-5-4-16(26-18(14)31)30-8-6-29(7-9-30)11-13-2-3-13/h4-5,12-13,24H,2-3,6-11H2,1H3,(H,25,32). The number of halogens is 3. The molecule has 4 aliphatic rings. The van der Waals surface area contributed by atoms with Crippen LogP contribution in [0.1, 0.15) is 18.5 Å². The summed E-state index contributed by atoms with van der Waals surface area (Å²) in [4.78, 5) is 22.2. The molecule has 1 aromatic heterocycles. The predicted octanol–water partition coefficient (Wildman–Crippen LogP) is 1.36. The third-order valence-electron chi connectivity index (χ3n) is 6.05. The fourth-order valence-electron chi connectivity index (χ4n) is 4.17. The molecule has 32 heavy (non-hydrogen) atoms. The van der Waals surface area contributed by atoms with Crippen LogP contribution >= 0.6 is 0 Å². The molecule has 1 aromatic rings. The minimum Gasteiger partial charge on any atom is -0.354 e. The summed E-state index contributed by atoms with van der Waals surface area (Å²) in [6, 6.07) is 0. The van der Waals surface area contributed by atoms with Gasteiger partial charge >= 0.3 is 6.18 Å². The van der Waals surface area contributed by atoms with Crippen molar-refractivity contribution in [3.63, 3.8) is 0 Å². The Bertz CT molecular complexity index is 999. The number of carbonyl (C=O) groups is 1. The number of piperazine rings is 1. The molecule has 172 valence electrons. The predicted molar refractivity (Wildman–Crippen MR) is 111 cm³/mol. The average molecular weight is 450 g/mol. The molecule has 2 fully saturated rings. The lowest BCUT2D eigenvalue weighted by Gasteiger charge is -2.37. The van der Waals surface area contributed by atoms with Crippen LogP contribution in [0.4, 0.5) is 18.9 Å². The molecule has 1 aliphatic carbocycles. The lowest BCUT2D eigenvalue weighted by molar-refractivity contribution is -0.140. The maximum atomic E-state index is 13.2. The molecule has 12 heteroatoms. The number of aromatic nitrogens is 2. The summed E-state index contributed by atoms with van der Waals surface area (Å²) in [5.41, 5.74) is 1.79. The molecule has 0 unspecified atom stereocenters. The molecule has 3 aliphatic heterocycles. The summed E-state index contributed by atoms with van der Waals surface area (Å²) in [5, 5.41) is 7.41. The first kappa shape index (κ1) is 21.0. The van der Waals surface area contributed by atoms with E-state index in [1.165, 1.54) is 19.9 Å². The van der Waals surface area contributed by atoms with Crippen molar-refractivity contribution in [2.24, 2.45) is 18.0 Å². The van der Waals surface area contributed by atoms with E-state index in [-0.39, 0.29) is 17.8 Å². The van der Waals surface area contributed by atoms with Crippen LogP contribution in [-0.2, 0) is 18.0 Å². The van der Waals surface area contributed by atoms with Crippen molar-refractivity contribution in [2.45, 2.75) is 19.0 Å². The first-order valence-electron chi connectivity index (χ1n) is 10.7. The van der Waals surface area contributed by atoms with Gasteiger partial charge in [0.05, 0.1) is 11.3 Å². The van der Waals surface area contributed by atoms with E-state index < -0.39 is 17.8 Å². The van der Waals surface area contributed by atoms with Crippen molar-refractivity contribution in [1.29, 1.82) is 0 Å². The van der Waals surface area contributed by atoms with Gasteiger partial charge in [-0.1, -0.05) is 0 Å². The van der Waals surface area contributed by atoms with Crippen LogP contribution in [0, 0.1) is 5.92 Å². The molecule has 4 heterocycles. The first-order valence-corrected chi connectivity index (χ1v) is 10.7. The molecule has 0 spiro atoms. The lowest BCUT2D eigenvalue weighted by atomic mass is 10.2. The molecule has 1 saturated carbocycles. The van der Waals surface area contributed by atoms with Gasteiger partial charge in [0.15, 0.2) is 11.5 Å². The highest BCUT2D eigenvalue weighted by molar-refractivity contribution is 6.06. The van der Waals surface area contributed by atoms with E-state index in [0.717, 1.165) is 55.4 Å². The molecule has 2 N–H and O–H groups in total. The normalized spacial score (nSPS) is 21.8. The summed E-state index contributed by atoms with van der Waals surface area (Å²) in [7, 11) is 1.37. The van der Waals surface area contributed by atoms with Crippen LogP contribution < -0.4 is 10.7 Å². The van der Waals surface area contributed by atoms with Gasteiger partial charge in [-0.25, -0.2) is 10.4 Å². The number of aryl methyl sites for hydroxylation is 1. The van der Waals surface area contributed by atoms with E-state index in [9.17, 15) is 18.0 Å². The third-order valence-corrected chi connectivity index (χ3v) is 6.05. The van der Waals surface area contributed by atoms with Crippen molar-refractivity contribution in [3.05, 3.63) is 35.6 Å². The van der Waals surface area contributed by atoms with Crippen molar-refractivity contribution >= 4 is 17.4 Å². The molecular formula is C20H25F3N8O. The number of carbonyl (C=O) groups excluding carboxylic acids is 1. The number of fused-ring (bicyclic) bond motifs is 1. The maximum absolute atomic E-state index is 13.2. The van der Waals surface area contributed by atoms with Crippen LogP contribution in [0.2, 0.25) is 0 Å². The smallest absolute Gasteiger partial charge is 0.354 e. The van der Waals surface area contributed by atoms with Crippen molar-refractivity contribution < 1.29 is 18.0 Å². The first-order chi connectivity index (χ1) is 15.3. The highest BCUT2D eigenvalue weighted by atomic mass is 19.4. The Kier molecular flexibility index (Phi) is 5.20. The Hall–Kier alpha value is -2.86. The van der Waals surface area contributed by atoms with E-state index in [2.05, 4.69) is 30.6 Å². The fraction of sp³-hybridized carbons (Fsp3) is 0.550. The SMILES string of the molecule is Cn1cc(NC(=O)C2=C3N=C(N4CCN(CC5CC5)CC4)C=CN3NC2)c(C(F)(F)F)n1. The second-order valence-electron chi connectivity index (χ2n) is 8.54. The molecular weight excluding hydrogens is 425 g/mol. The average Bonchev–Trinajstić information content (AvgIpc) is 3.32. The summed E-state index contributed by atoms with van der Waals surface area (Å²) < 4.78 is 40.7. The Morgan fingerprint density at radius 2 is 2.00 bits per heavy atom. The van der Waals surface area contributed by atoms with Crippen molar-refractivity contribution in [1.82, 2.24) is 30.0 Å². The molecule has 0 bridgehead atoms. The largest absolute Gasteiger partial charge is 0.437 e. The van der Waals surface area contributed by atoms with Crippen LogP contribution in [0.25, 0.3) is 0 Å². The Labute approximate surface area is 183 Å². The van der Waals surface area contributed by atoms with E-state index in [0.29, 0.717) is 5.82 Å². The zero-order valence-electron chi connectivity index (χ0n) is 17.7. The van der Waals surface area contributed by atoms with Gasteiger partial charge < -0.3 is 10.2 Å². The number of anilines is 1. The number of amides is 1. The summed E-state index contributed by atoms with van der Waals surface area (Å²) in [5.74, 6) is 1.38. The number of alkyl halides is 3. The van der Waals surface area contributed by atoms with Crippen LogP contribution in [0.5, 0.6) is 0 Å². The topological polar surface area (TPSA) is 81.0 Å². The third kappa shape index (κ3) is 4.24. The molecule has 0 atom stereocenters. The van der Waals surface area contributed by atoms with Gasteiger partial charge in [-0.15, -0.1) is 0 Å². The molecule has 1 saturated heterocycles. The van der Waals surface area contributed by atoms with E-state index >= 15 is 0 Å².